The Bertz CT molecular complexity index is 10300. The van der Waals surface area contributed by atoms with Crippen LogP contribution in [0.3, 0.4) is 0 Å². The molecule has 0 aliphatic rings. The molecule has 7 heteroatoms. The van der Waals surface area contributed by atoms with Gasteiger partial charge in [0.05, 0.1) is 77.6 Å². The lowest BCUT2D eigenvalue weighted by atomic mass is 9.98. The van der Waals surface area contributed by atoms with Gasteiger partial charge in [0.2, 0.25) is 0 Å². The Labute approximate surface area is 829 Å². The zero-order chi connectivity index (χ0) is 94.1. The highest BCUT2D eigenvalue weighted by atomic mass is 32.1. The van der Waals surface area contributed by atoms with Gasteiger partial charge in [0.15, 0.2) is 0 Å². The largest absolute Gasteiger partial charge is 0.309 e. The van der Waals surface area contributed by atoms with Crippen LogP contribution in [0.2, 0.25) is 0 Å². The minimum absolute atomic E-state index is 1.16. The maximum Gasteiger partial charge on any atom is 0.0555 e. The van der Waals surface area contributed by atoms with Gasteiger partial charge < -0.3 is 27.4 Å². The fourth-order valence-corrected chi connectivity index (χ4v) is 24.0. The number of hydrogen-bond donors (Lipinski definition) is 0. The van der Waals surface area contributed by atoms with Crippen LogP contribution in [0.15, 0.2) is 534 Å². The average molecular weight is 1840 g/mol. The van der Waals surface area contributed by atoms with E-state index in [4.69, 9.17) is 0 Å². The topological polar surface area (TPSA) is 29.6 Å². The number of nitrogens with zero attached hydrogens (tertiary/aromatic N) is 6. The first-order chi connectivity index (χ1) is 71.0. The van der Waals surface area contributed by atoms with Crippen LogP contribution in [0.25, 0.3) is 263 Å². The first-order valence-corrected chi connectivity index (χ1v) is 49.9. The Morgan fingerprint density at radius 1 is 0.126 bits per heavy atom. The van der Waals surface area contributed by atoms with E-state index in [2.05, 4.69) is 561 Å². The van der Waals surface area contributed by atoms with Gasteiger partial charge in [0.1, 0.15) is 0 Å². The maximum atomic E-state index is 2.49. The smallest absolute Gasteiger partial charge is 0.0555 e. The van der Waals surface area contributed by atoms with Crippen molar-refractivity contribution in [3.63, 3.8) is 0 Å². The van der Waals surface area contributed by atoms with Crippen molar-refractivity contribution in [2.24, 2.45) is 0 Å². The van der Waals surface area contributed by atoms with Crippen molar-refractivity contribution in [2.75, 3.05) is 0 Å². The molecule has 0 fully saturated rings. The number of para-hydroxylation sites is 7. The molecule has 0 aliphatic heterocycles. The molecule has 7 heterocycles. The van der Waals surface area contributed by atoms with Crippen LogP contribution in [-0.4, -0.2) is 27.4 Å². The standard InChI is InChI=1S/C48H30N2S.C46H30N2.C42H28N2/c1-2-12-31(13-3-1)32-24-27-34(28-25-32)49-40-18-7-4-14-36(40)39-30-33(26-29-42(39)49)35-17-10-20-43-47(35)37-15-5-8-19-41(37)50(43)44-21-11-23-46-48(44)38-16-6-9-22-45(38)51-46;1-2-11-31(12-3-1)32-21-25-36(26-22-32)47-43-18-8-6-16-38(43)40-27-23-34(29-45(40)47)35-24-28-41-39-17-7-9-19-44(39)48(46(41)30-35)42-20-10-14-33-13-4-5-15-37(33)42;1-3-11-29(12-4-1)30-19-23-34(24-20-30)44-40-18-10-8-16-36(40)38-26-22-32(28-42(38)44)31-21-25-37-35-15-7-9-17-39(35)43(41(37)27-31)33-13-5-2-6-14-33/h1-30H;1-30H;1-28H. The molecule has 668 valence electrons. The predicted octanol–water partition coefficient (Wildman–Crippen LogP) is 37.2. The van der Waals surface area contributed by atoms with Gasteiger partial charge in [0, 0.05) is 113 Å². The Morgan fingerprint density at radius 3 is 0.867 bits per heavy atom. The fourth-order valence-electron chi connectivity index (χ4n) is 22.9. The SMILES string of the molecule is c1ccc(-c2ccc(-n3c4ccccc4c4cc(-c5cccc6c5c5ccccc5n6-c5cccc6sc7ccccc7c56)ccc43)cc2)cc1.c1ccc(-c2ccc(-n3c4ccccc4c4ccc(-c5ccc6c7ccccc7n(-c7cccc8ccccc78)c6c5)cc43)cc2)cc1.c1ccc(-c2ccc(-n3c4ccccc4c4ccc(-c5ccc6c7ccccc7n(-c7ccccc7)c6c5)cc43)cc2)cc1. The van der Waals surface area contributed by atoms with E-state index in [0.29, 0.717) is 0 Å². The Morgan fingerprint density at radius 2 is 0.406 bits per heavy atom. The van der Waals surface area contributed by atoms with Crippen LogP contribution < -0.4 is 0 Å². The number of aromatic nitrogens is 6. The van der Waals surface area contributed by atoms with E-state index < -0.39 is 0 Å². The molecule has 143 heavy (non-hydrogen) atoms. The number of hydrogen-bond acceptors (Lipinski definition) is 1. The summed E-state index contributed by atoms with van der Waals surface area (Å²) in [6.07, 6.45) is 0. The lowest BCUT2D eigenvalue weighted by Gasteiger charge is -2.13. The highest BCUT2D eigenvalue weighted by molar-refractivity contribution is 7.26. The number of benzene rings is 23. The molecule has 0 radical (unpaired) electrons. The molecule has 6 nitrogen and oxygen atoms in total. The van der Waals surface area contributed by atoms with E-state index in [1.807, 2.05) is 11.3 Å². The monoisotopic (exact) mass is 1840 g/mol. The summed E-state index contributed by atoms with van der Waals surface area (Å²) in [7, 11) is 0. The zero-order valence-electron chi connectivity index (χ0n) is 77.9. The molecule has 30 rings (SSSR count). The summed E-state index contributed by atoms with van der Waals surface area (Å²) in [5, 5.41) is 20.3. The van der Waals surface area contributed by atoms with Crippen molar-refractivity contribution >= 4 is 173 Å². The van der Waals surface area contributed by atoms with Gasteiger partial charge in [-0.3, -0.25) is 0 Å². The van der Waals surface area contributed by atoms with Gasteiger partial charge in [0.25, 0.3) is 0 Å². The van der Waals surface area contributed by atoms with Crippen molar-refractivity contribution in [3.05, 3.63) is 534 Å². The van der Waals surface area contributed by atoms with Crippen molar-refractivity contribution in [1.29, 1.82) is 0 Å². The quantitative estimate of drug-likeness (QED) is 0.117. The van der Waals surface area contributed by atoms with E-state index in [1.54, 1.807) is 0 Å². The van der Waals surface area contributed by atoms with Crippen LogP contribution in [0, 0.1) is 0 Å². The molecular formula is C136H88N6S. The zero-order valence-corrected chi connectivity index (χ0v) is 78.7. The number of thiophene rings is 1. The van der Waals surface area contributed by atoms with Gasteiger partial charge in [-0.15, -0.1) is 11.3 Å². The van der Waals surface area contributed by atoms with Gasteiger partial charge in [-0.1, -0.05) is 382 Å². The first kappa shape index (κ1) is 82.6. The average Bonchev–Trinajstić information content (AvgIpc) is 1.56. The third-order valence-corrected chi connectivity index (χ3v) is 30.5. The minimum atomic E-state index is 1.16. The molecule has 0 unspecified atom stereocenters. The second kappa shape index (κ2) is 34.2. The lowest BCUT2D eigenvalue weighted by molar-refractivity contribution is 1.18. The molecule has 0 aliphatic carbocycles. The summed E-state index contributed by atoms with van der Waals surface area (Å²) in [5.41, 5.74) is 36.3. The third-order valence-electron chi connectivity index (χ3n) is 29.4. The van der Waals surface area contributed by atoms with Gasteiger partial charge in [-0.2, -0.15) is 0 Å². The van der Waals surface area contributed by atoms with E-state index >= 15 is 0 Å². The van der Waals surface area contributed by atoms with Gasteiger partial charge >= 0.3 is 0 Å². The summed E-state index contributed by atoms with van der Waals surface area (Å²) in [6.45, 7) is 0. The highest BCUT2D eigenvalue weighted by Crippen LogP contribution is 2.48. The van der Waals surface area contributed by atoms with Crippen molar-refractivity contribution in [3.8, 4) is 101 Å². The summed E-state index contributed by atoms with van der Waals surface area (Å²) in [6, 6.07) is 194. The lowest BCUT2D eigenvalue weighted by Crippen LogP contribution is -1.95. The van der Waals surface area contributed by atoms with Crippen LogP contribution in [0.5, 0.6) is 0 Å². The molecule has 0 bridgehead atoms. The molecule has 7 aromatic heterocycles. The predicted molar refractivity (Wildman–Crippen MR) is 608 cm³/mol. The minimum Gasteiger partial charge on any atom is -0.309 e. The molecular weight excluding hydrogens is 1750 g/mol. The summed E-state index contributed by atoms with van der Waals surface area (Å²) >= 11 is 1.87. The fraction of sp³-hybridized carbons (Fsp3) is 0. The van der Waals surface area contributed by atoms with Crippen molar-refractivity contribution < 1.29 is 0 Å². The third kappa shape index (κ3) is 13.8. The second-order valence-electron chi connectivity index (χ2n) is 37.3. The number of rotatable bonds is 12. The Kier molecular flexibility index (Phi) is 19.8. The summed E-state index contributed by atoms with van der Waals surface area (Å²) in [4.78, 5) is 0. The highest BCUT2D eigenvalue weighted by Gasteiger charge is 2.25. The van der Waals surface area contributed by atoms with Crippen LogP contribution in [0.4, 0.5) is 0 Å². The maximum absolute atomic E-state index is 2.49. The van der Waals surface area contributed by atoms with Gasteiger partial charge in [-0.05, 0) is 224 Å². The molecule has 0 atom stereocenters. The molecule has 0 amide bonds. The van der Waals surface area contributed by atoms with Gasteiger partial charge in [-0.25, -0.2) is 0 Å². The summed E-state index contributed by atoms with van der Waals surface area (Å²) in [5.74, 6) is 0. The number of fused-ring (bicyclic) bond motifs is 22. The molecule has 23 aromatic carbocycles. The Balaban J connectivity index is 0.000000105. The molecule has 0 N–H and O–H groups in total. The van der Waals surface area contributed by atoms with Crippen LogP contribution in [0.1, 0.15) is 0 Å². The first-order valence-electron chi connectivity index (χ1n) is 49.1. The molecule has 30 aromatic rings. The van der Waals surface area contributed by atoms with Crippen molar-refractivity contribution in [2.45, 2.75) is 0 Å². The van der Waals surface area contributed by atoms with E-state index in [9.17, 15) is 0 Å². The molecule has 0 saturated heterocycles. The van der Waals surface area contributed by atoms with E-state index in [-0.39, 0.29) is 0 Å². The molecule has 0 saturated carbocycles. The normalized spacial score (nSPS) is 11.8. The van der Waals surface area contributed by atoms with Crippen LogP contribution >= 0.6 is 11.3 Å². The van der Waals surface area contributed by atoms with E-state index in [1.165, 1.54) is 246 Å². The van der Waals surface area contributed by atoms with Crippen molar-refractivity contribution in [1.82, 2.24) is 27.4 Å². The Hall–Kier alpha value is -18.7. The second-order valence-corrected chi connectivity index (χ2v) is 38.4. The molecule has 0 spiro atoms. The summed E-state index contributed by atoms with van der Waals surface area (Å²) < 4.78 is 17.2. The van der Waals surface area contributed by atoms with Crippen LogP contribution in [-0.2, 0) is 0 Å². The van der Waals surface area contributed by atoms with E-state index in [0.717, 1.165) is 17.1 Å².